The predicted octanol–water partition coefficient (Wildman–Crippen LogP) is 6.03. The Morgan fingerprint density at radius 2 is 2.00 bits per heavy atom. The first kappa shape index (κ1) is 24.5. The Morgan fingerprint density at radius 3 is 2.71 bits per heavy atom. The van der Waals surface area contributed by atoms with Crippen molar-refractivity contribution in [3.63, 3.8) is 0 Å². The standard InChI is InChI=1S/C25H26ClN3O6/c1-14-21(28-25(32)33-15(2)20-7-4-12-27-23(20)26)22(35-29-14)16-8-10-18(11-9-16)34-19-6-3-5-17(13-19)24(30)31/h4,7-12,15,17,19H,3,5-6,13H2,1-2H3,(H,28,32)(H,30,31)/t15-,17?,19?/m1/s1. The smallest absolute Gasteiger partial charge is 0.412 e. The van der Waals surface area contributed by atoms with Crippen LogP contribution in [-0.4, -0.2) is 33.4 Å². The number of aryl methyl sites for hydroxylation is 1. The van der Waals surface area contributed by atoms with Gasteiger partial charge in [-0.2, -0.15) is 0 Å². The molecule has 184 valence electrons. The number of carboxylic acids is 1. The summed E-state index contributed by atoms with van der Waals surface area (Å²) in [5, 5.41) is 16.2. The van der Waals surface area contributed by atoms with E-state index in [0.29, 0.717) is 46.9 Å². The second-order valence-corrected chi connectivity index (χ2v) is 8.85. The van der Waals surface area contributed by atoms with Crippen LogP contribution >= 0.6 is 11.6 Å². The molecule has 0 aliphatic heterocycles. The molecular formula is C25H26ClN3O6. The molecule has 0 saturated heterocycles. The largest absolute Gasteiger partial charge is 0.490 e. The summed E-state index contributed by atoms with van der Waals surface area (Å²) in [6.45, 7) is 3.41. The number of hydrogen-bond donors (Lipinski definition) is 2. The average molecular weight is 500 g/mol. The summed E-state index contributed by atoms with van der Waals surface area (Å²) >= 11 is 6.09. The number of pyridine rings is 1. The van der Waals surface area contributed by atoms with E-state index >= 15 is 0 Å². The first-order valence-electron chi connectivity index (χ1n) is 11.4. The molecule has 2 aromatic heterocycles. The molecule has 0 spiro atoms. The summed E-state index contributed by atoms with van der Waals surface area (Å²) in [7, 11) is 0. The minimum atomic E-state index is -0.772. The maximum Gasteiger partial charge on any atom is 0.412 e. The van der Waals surface area contributed by atoms with Crippen molar-refractivity contribution < 1.29 is 28.7 Å². The van der Waals surface area contributed by atoms with Gasteiger partial charge in [0, 0.05) is 17.3 Å². The van der Waals surface area contributed by atoms with E-state index in [1.54, 1.807) is 56.4 Å². The predicted molar refractivity (Wildman–Crippen MR) is 128 cm³/mol. The van der Waals surface area contributed by atoms with Crippen LogP contribution in [0.2, 0.25) is 5.15 Å². The van der Waals surface area contributed by atoms with E-state index in [2.05, 4.69) is 15.5 Å². The van der Waals surface area contributed by atoms with E-state index in [1.807, 2.05) is 0 Å². The van der Waals surface area contributed by atoms with Crippen molar-refractivity contribution in [2.24, 2.45) is 5.92 Å². The molecular weight excluding hydrogens is 474 g/mol. The number of ether oxygens (including phenoxy) is 2. The van der Waals surface area contributed by atoms with Gasteiger partial charge in [0.25, 0.3) is 0 Å². The summed E-state index contributed by atoms with van der Waals surface area (Å²) < 4.78 is 16.9. The number of amides is 1. The van der Waals surface area contributed by atoms with E-state index in [4.69, 9.17) is 25.6 Å². The van der Waals surface area contributed by atoms with Gasteiger partial charge < -0.3 is 19.1 Å². The van der Waals surface area contributed by atoms with Gasteiger partial charge in [-0.1, -0.05) is 22.8 Å². The molecule has 35 heavy (non-hydrogen) atoms. The molecule has 2 heterocycles. The van der Waals surface area contributed by atoms with Gasteiger partial charge in [0.05, 0.1) is 12.0 Å². The molecule has 1 amide bonds. The van der Waals surface area contributed by atoms with Crippen LogP contribution in [0, 0.1) is 12.8 Å². The zero-order valence-corrected chi connectivity index (χ0v) is 20.1. The Hall–Kier alpha value is -3.59. The van der Waals surface area contributed by atoms with Crippen molar-refractivity contribution in [3.05, 3.63) is 59.0 Å². The molecule has 1 saturated carbocycles. The molecule has 9 nitrogen and oxygen atoms in total. The fraction of sp³-hybridized carbons (Fsp3) is 0.360. The lowest BCUT2D eigenvalue weighted by molar-refractivity contribution is -0.143. The van der Waals surface area contributed by atoms with Gasteiger partial charge in [0.15, 0.2) is 5.76 Å². The fourth-order valence-electron chi connectivity index (χ4n) is 4.12. The Bertz CT molecular complexity index is 1200. The average Bonchev–Trinajstić information content (AvgIpc) is 3.19. The number of aliphatic carboxylic acids is 1. The zero-order chi connectivity index (χ0) is 24.9. The number of aromatic nitrogens is 2. The Kier molecular flexibility index (Phi) is 7.55. The topological polar surface area (TPSA) is 124 Å². The minimum Gasteiger partial charge on any atom is -0.490 e. The number of carboxylic acid groups (broad SMARTS) is 1. The van der Waals surface area contributed by atoms with Crippen LogP contribution in [0.1, 0.15) is 50.0 Å². The SMILES string of the molecule is Cc1noc(-c2ccc(OC3CCCC(C(=O)O)C3)cc2)c1NC(=O)O[C@H](C)c1cccnc1Cl. The number of carbonyl (C=O) groups excluding carboxylic acids is 1. The number of nitrogens with zero attached hydrogens (tertiary/aromatic N) is 2. The first-order valence-corrected chi connectivity index (χ1v) is 11.7. The second-order valence-electron chi connectivity index (χ2n) is 8.49. The molecule has 10 heteroatoms. The van der Waals surface area contributed by atoms with Crippen LogP contribution in [0.4, 0.5) is 10.5 Å². The number of hydrogen-bond acceptors (Lipinski definition) is 7. The molecule has 1 aliphatic rings. The van der Waals surface area contributed by atoms with Crippen molar-refractivity contribution in [1.82, 2.24) is 10.1 Å². The highest BCUT2D eigenvalue weighted by molar-refractivity contribution is 6.30. The van der Waals surface area contributed by atoms with Crippen molar-refractivity contribution in [2.45, 2.75) is 51.7 Å². The quantitative estimate of drug-likeness (QED) is 0.377. The van der Waals surface area contributed by atoms with Gasteiger partial charge in [-0.3, -0.25) is 10.1 Å². The van der Waals surface area contributed by atoms with E-state index in [0.717, 1.165) is 12.8 Å². The van der Waals surface area contributed by atoms with E-state index < -0.39 is 18.2 Å². The minimum absolute atomic E-state index is 0.134. The molecule has 1 aromatic carbocycles. The number of anilines is 1. The number of nitrogens with one attached hydrogen (secondary N) is 1. The van der Waals surface area contributed by atoms with Gasteiger partial charge in [-0.25, -0.2) is 9.78 Å². The number of rotatable bonds is 7. The summed E-state index contributed by atoms with van der Waals surface area (Å²) in [6, 6.07) is 10.6. The Balaban J connectivity index is 1.42. The van der Waals surface area contributed by atoms with E-state index in [-0.39, 0.29) is 17.2 Å². The van der Waals surface area contributed by atoms with E-state index in [1.165, 1.54) is 0 Å². The van der Waals surface area contributed by atoms with Crippen molar-refractivity contribution in [1.29, 1.82) is 0 Å². The lowest BCUT2D eigenvalue weighted by atomic mass is 9.87. The van der Waals surface area contributed by atoms with Crippen LogP contribution in [0.25, 0.3) is 11.3 Å². The molecule has 3 atom stereocenters. The molecule has 1 aliphatic carbocycles. The molecule has 3 aromatic rings. The normalized spacial score (nSPS) is 18.5. The highest BCUT2D eigenvalue weighted by Crippen LogP contribution is 2.34. The van der Waals surface area contributed by atoms with Crippen LogP contribution in [0.15, 0.2) is 47.1 Å². The van der Waals surface area contributed by atoms with Crippen molar-refractivity contribution in [3.8, 4) is 17.1 Å². The first-order chi connectivity index (χ1) is 16.8. The number of carbonyl (C=O) groups is 2. The molecule has 1 fully saturated rings. The monoisotopic (exact) mass is 499 g/mol. The summed E-state index contributed by atoms with van der Waals surface area (Å²) in [4.78, 5) is 27.9. The maximum absolute atomic E-state index is 12.6. The van der Waals surface area contributed by atoms with Gasteiger partial charge in [0.2, 0.25) is 0 Å². The van der Waals surface area contributed by atoms with Crippen LogP contribution in [0.5, 0.6) is 5.75 Å². The molecule has 2 unspecified atom stereocenters. The summed E-state index contributed by atoms with van der Waals surface area (Å²) in [5.74, 6) is -0.125. The van der Waals surface area contributed by atoms with Gasteiger partial charge in [0.1, 0.15) is 28.4 Å². The highest BCUT2D eigenvalue weighted by atomic mass is 35.5. The molecule has 0 radical (unpaired) electrons. The third-order valence-electron chi connectivity index (χ3n) is 5.99. The van der Waals surface area contributed by atoms with Crippen molar-refractivity contribution >= 4 is 29.4 Å². The van der Waals surface area contributed by atoms with Gasteiger partial charge >= 0.3 is 12.1 Å². The molecule has 4 rings (SSSR count). The second kappa shape index (κ2) is 10.8. The molecule has 0 bridgehead atoms. The van der Waals surface area contributed by atoms with Crippen LogP contribution in [-0.2, 0) is 9.53 Å². The maximum atomic E-state index is 12.6. The van der Waals surface area contributed by atoms with E-state index in [9.17, 15) is 14.7 Å². The third-order valence-corrected chi connectivity index (χ3v) is 6.31. The zero-order valence-electron chi connectivity index (χ0n) is 19.4. The third kappa shape index (κ3) is 5.92. The summed E-state index contributed by atoms with van der Waals surface area (Å²) in [5.41, 5.74) is 2.16. The lowest BCUT2D eigenvalue weighted by Gasteiger charge is -2.27. The Labute approximate surface area is 207 Å². The van der Waals surface area contributed by atoms with Gasteiger partial charge in [-0.15, -0.1) is 0 Å². The van der Waals surface area contributed by atoms with Gasteiger partial charge in [-0.05, 0) is 69.9 Å². The molecule has 2 N–H and O–H groups in total. The summed E-state index contributed by atoms with van der Waals surface area (Å²) in [6.07, 6.45) is 2.96. The highest BCUT2D eigenvalue weighted by Gasteiger charge is 2.28. The lowest BCUT2D eigenvalue weighted by Crippen LogP contribution is -2.29. The number of benzene rings is 1. The van der Waals surface area contributed by atoms with Crippen LogP contribution < -0.4 is 10.1 Å². The fourth-order valence-corrected chi connectivity index (χ4v) is 4.40. The number of halogens is 1. The van der Waals surface area contributed by atoms with Crippen molar-refractivity contribution in [2.75, 3.05) is 5.32 Å². The van der Waals surface area contributed by atoms with Crippen LogP contribution in [0.3, 0.4) is 0 Å². The Morgan fingerprint density at radius 1 is 1.23 bits per heavy atom.